The molecule has 3 rings (SSSR count). The predicted octanol–water partition coefficient (Wildman–Crippen LogP) is 3.23. The Balaban J connectivity index is 1.91. The Morgan fingerprint density at radius 1 is 1.35 bits per heavy atom. The zero-order valence-corrected chi connectivity index (χ0v) is 13.2. The lowest BCUT2D eigenvalue weighted by Crippen LogP contribution is -2.22. The van der Waals surface area contributed by atoms with Gasteiger partial charge in [-0.2, -0.15) is 0 Å². The minimum Gasteiger partial charge on any atom is -0.502 e. The molecule has 0 aromatic heterocycles. The van der Waals surface area contributed by atoms with Crippen LogP contribution in [0.15, 0.2) is 46.7 Å². The molecule has 1 heterocycles. The first-order chi connectivity index (χ1) is 11.0. The number of aromatic hydroxyl groups is 1. The quantitative estimate of drug-likeness (QED) is 0.686. The fraction of sp³-hybridized carbons (Fsp3) is 0.353. The Morgan fingerprint density at radius 2 is 2.13 bits per heavy atom. The number of hydrogen-bond acceptors (Lipinski definition) is 5. The zero-order valence-electron chi connectivity index (χ0n) is 13.2. The molecular weight excluding hydrogens is 294 g/mol. The predicted molar refractivity (Wildman–Crippen MR) is 88.5 cm³/mol. The van der Waals surface area contributed by atoms with Gasteiger partial charge in [0.05, 0.1) is 4.92 Å². The number of benzene rings is 1. The maximum absolute atomic E-state index is 10.8. The molecule has 120 valence electrons. The first kappa shape index (κ1) is 15.3. The Morgan fingerprint density at radius 3 is 2.78 bits per heavy atom. The number of fused-ring (bicyclic) bond motifs is 1. The number of phenols is 1. The molecule has 0 fully saturated rings. The van der Waals surface area contributed by atoms with Crippen molar-refractivity contribution in [3.05, 3.63) is 57.4 Å². The van der Waals surface area contributed by atoms with Crippen molar-refractivity contribution < 1.29 is 10.0 Å². The van der Waals surface area contributed by atoms with Crippen LogP contribution >= 0.6 is 0 Å². The summed E-state index contributed by atoms with van der Waals surface area (Å²) in [5.41, 5.74) is 3.69. The van der Waals surface area contributed by atoms with E-state index in [1.165, 1.54) is 17.8 Å². The van der Waals surface area contributed by atoms with Gasteiger partial charge in [-0.05, 0) is 43.5 Å². The molecule has 0 bridgehead atoms. The van der Waals surface area contributed by atoms with Gasteiger partial charge in [0.2, 0.25) is 0 Å². The summed E-state index contributed by atoms with van der Waals surface area (Å²) in [6.45, 7) is 0. The number of allylic oxidation sites excluding steroid dienone is 4. The summed E-state index contributed by atoms with van der Waals surface area (Å²) in [4.78, 5) is 17.0. The summed E-state index contributed by atoms with van der Waals surface area (Å²) in [5, 5.41) is 20.6. The highest BCUT2D eigenvalue weighted by Gasteiger charge is 2.26. The van der Waals surface area contributed by atoms with Gasteiger partial charge in [0.1, 0.15) is 0 Å². The molecule has 1 aliphatic carbocycles. The van der Waals surface area contributed by atoms with E-state index in [9.17, 15) is 15.2 Å². The van der Waals surface area contributed by atoms with Gasteiger partial charge in [0.25, 0.3) is 0 Å². The number of nitrogens with zero attached hydrogens (tertiary/aromatic N) is 3. The fourth-order valence-electron chi connectivity index (χ4n) is 3.04. The van der Waals surface area contributed by atoms with Crippen molar-refractivity contribution in [2.75, 3.05) is 14.1 Å². The van der Waals surface area contributed by atoms with Gasteiger partial charge >= 0.3 is 5.69 Å². The largest absolute Gasteiger partial charge is 0.502 e. The van der Waals surface area contributed by atoms with Crippen molar-refractivity contribution in [3.8, 4) is 5.75 Å². The Hall–Kier alpha value is -2.63. The Bertz CT molecular complexity index is 747. The van der Waals surface area contributed by atoms with Crippen LogP contribution in [0.1, 0.15) is 24.8 Å². The third kappa shape index (κ3) is 2.97. The highest BCUT2D eigenvalue weighted by atomic mass is 16.6. The lowest BCUT2D eigenvalue weighted by atomic mass is 9.85. The van der Waals surface area contributed by atoms with Crippen LogP contribution in [-0.4, -0.2) is 34.7 Å². The van der Waals surface area contributed by atoms with Gasteiger partial charge in [0.15, 0.2) is 5.75 Å². The summed E-state index contributed by atoms with van der Waals surface area (Å²) < 4.78 is 0. The van der Waals surface area contributed by atoms with Gasteiger partial charge in [-0.1, -0.05) is 0 Å². The second-order valence-electron chi connectivity index (χ2n) is 6.10. The highest BCUT2D eigenvalue weighted by Crippen LogP contribution is 2.36. The van der Waals surface area contributed by atoms with Crippen LogP contribution in [0.4, 0.5) is 5.69 Å². The summed E-state index contributed by atoms with van der Waals surface area (Å²) in [6.07, 6.45) is 6.92. The SMILES string of the molecule is CN(C)C1=CC=C2N=C(c3ccc([N+](=O)[O-])c(O)c3)CC[C@@H]2C1. The van der Waals surface area contributed by atoms with Crippen LogP contribution in [0.5, 0.6) is 5.75 Å². The molecule has 0 radical (unpaired) electrons. The molecule has 1 N–H and O–H groups in total. The molecular formula is C17H19N3O3. The van der Waals surface area contributed by atoms with Crippen LogP contribution in [0.2, 0.25) is 0 Å². The van der Waals surface area contributed by atoms with Crippen molar-refractivity contribution in [3.63, 3.8) is 0 Å². The maximum Gasteiger partial charge on any atom is 0.310 e. The van der Waals surface area contributed by atoms with E-state index in [1.54, 1.807) is 6.07 Å². The van der Waals surface area contributed by atoms with Crippen molar-refractivity contribution >= 4 is 11.4 Å². The number of hydrogen-bond donors (Lipinski definition) is 1. The van der Waals surface area contributed by atoms with E-state index in [0.29, 0.717) is 5.92 Å². The van der Waals surface area contributed by atoms with E-state index in [4.69, 9.17) is 4.99 Å². The second kappa shape index (κ2) is 5.87. The van der Waals surface area contributed by atoms with Crippen LogP contribution in [0.3, 0.4) is 0 Å². The molecule has 6 heteroatoms. The van der Waals surface area contributed by atoms with E-state index in [-0.39, 0.29) is 11.4 Å². The molecule has 0 spiro atoms. The van der Waals surface area contributed by atoms with Crippen molar-refractivity contribution in [2.24, 2.45) is 10.9 Å². The molecule has 2 aliphatic rings. The minimum atomic E-state index is -0.588. The average molecular weight is 313 g/mol. The first-order valence-electron chi connectivity index (χ1n) is 7.59. The van der Waals surface area contributed by atoms with E-state index in [0.717, 1.165) is 36.2 Å². The van der Waals surface area contributed by atoms with E-state index in [2.05, 4.69) is 11.0 Å². The topological polar surface area (TPSA) is 79.0 Å². The third-order valence-electron chi connectivity index (χ3n) is 4.39. The maximum atomic E-state index is 10.8. The number of nitro benzene ring substituents is 1. The summed E-state index contributed by atoms with van der Waals surface area (Å²) >= 11 is 0. The lowest BCUT2D eigenvalue weighted by molar-refractivity contribution is -0.385. The van der Waals surface area contributed by atoms with Crippen LogP contribution in [-0.2, 0) is 0 Å². The fourth-order valence-corrected chi connectivity index (χ4v) is 3.04. The van der Waals surface area contributed by atoms with Crippen LogP contribution in [0.25, 0.3) is 0 Å². The van der Waals surface area contributed by atoms with Crippen LogP contribution in [0, 0.1) is 16.0 Å². The van der Waals surface area contributed by atoms with Gasteiger partial charge in [-0.3, -0.25) is 15.1 Å². The summed E-state index contributed by atoms with van der Waals surface area (Å²) in [5.74, 6) is 0.109. The van der Waals surface area contributed by atoms with Gasteiger partial charge in [-0.15, -0.1) is 0 Å². The Labute approximate surface area is 134 Å². The molecule has 0 unspecified atom stereocenters. The molecule has 1 aromatic rings. The number of phenolic OH excluding ortho intramolecular Hbond substituents is 1. The van der Waals surface area contributed by atoms with Crippen molar-refractivity contribution in [1.82, 2.24) is 4.90 Å². The molecule has 1 aliphatic heterocycles. The number of nitro groups is 1. The van der Waals surface area contributed by atoms with Gasteiger partial charge in [-0.25, -0.2) is 0 Å². The van der Waals surface area contributed by atoms with E-state index in [1.807, 2.05) is 20.2 Å². The monoisotopic (exact) mass is 313 g/mol. The van der Waals surface area contributed by atoms with Crippen LogP contribution < -0.4 is 0 Å². The molecule has 6 nitrogen and oxygen atoms in total. The Kier molecular flexibility index (Phi) is 3.90. The second-order valence-corrected chi connectivity index (χ2v) is 6.10. The van der Waals surface area contributed by atoms with Gasteiger partial charge in [0, 0.05) is 48.7 Å². The molecule has 0 saturated carbocycles. The lowest BCUT2D eigenvalue weighted by Gasteiger charge is -2.30. The van der Waals surface area contributed by atoms with E-state index < -0.39 is 4.92 Å². The standard InChI is InChI=1S/C17H19N3O3/c1-19(2)13-5-7-15-11(9-13)3-6-14(18-15)12-4-8-16(20(22)23)17(21)10-12/h4-5,7-8,10-11,21H,3,6,9H2,1-2H3/t11-/m1/s1. The molecule has 0 saturated heterocycles. The molecule has 1 atom stereocenters. The molecule has 0 amide bonds. The number of rotatable bonds is 3. The highest BCUT2D eigenvalue weighted by molar-refractivity contribution is 6.02. The number of aliphatic imine (C=N–C) groups is 1. The van der Waals surface area contributed by atoms with Crippen molar-refractivity contribution in [2.45, 2.75) is 19.3 Å². The zero-order chi connectivity index (χ0) is 16.6. The van der Waals surface area contributed by atoms with Crippen molar-refractivity contribution in [1.29, 1.82) is 0 Å². The van der Waals surface area contributed by atoms with E-state index >= 15 is 0 Å². The third-order valence-corrected chi connectivity index (χ3v) is 4.39. The average Bonchev–Trinajstić information content (AvgIpc) is 2.53. The normalized spacial score (nSPS) is 20.1. The minimum absolute atomic E-state index is 0.279. The summed E-state index contributed by atoms with van der Waals surface area (Å²) in [7, 11) is 4.09. The molecule has 1 aromatic carbocycles. The van der Waals surface area contributed by atoms with Gasteiger partial charge < -0.3 is 10.0 Å². The smallest absolute Gasteiger partial charge is 0.310 e. The first-order valence-corrected chi connectivity index (χ1v) is 7.59. The molecule has 23 heavy (non-hydrogen) atoms. The summed E-state index contributed by atoms with van der Waals surface area (Å²) in [6, 6.07) is 4.42.